The fourth-order valence-electron chi connectivity index (χ4n) is 5.48. The predicted molar refractivity (Wildman–Crippen MR) is 138 cm³/mol. The maximum Gasteiger partial charge on any atom is 0.339 e. The third-order valence-electron chi connectivity index (χ3n) is 7.18. The van der Waals surface area contributed by atoms with Crippen molar-refractivity contribution < 1.29 is 14.3 Å². The second-order valence-electron chi connectivity index (χ2n) is 10.9. The highest BCUT2D eigenvalue weighted by molar-refractivity contribution is 6.07. The van der Waals surface area contributed by atoms with E-state index in [1.54, 1.807) is 0 Å². The number of aromatic nitrogens is 1. The van der Waals surface area contributed by atoms with Crippen LogP contribution in [0, 0.1) is 13.8 Å². The van der Waals surface area contributed by atoms with Gasteiger partial charge in [0.25, 0.3) is 0 Å². The Hall–Kier alpha value is -2.79. The van der Waals surface area contributed by atoms with Crippen molar-refractivity contribution >= 4 is 22.6 Å². The highest BCUT2D eigenvalue weighted by atomic mass is 16.6. The van der Waals surface area contributed by atoms with Gasteiger partial charge in [-0.3, -0.25) is 0 Å². The molecule has 2 heterocycles. The molecule has 0 unspecified atom stereocenters. The molecule has 5 heteroatoms. The van der Waals surface area contributed by atoms with E-state index < -0.39 is 11.7 Å². The number of benzene rings is 2. The average molecular weight is 461 g/mol. The van der Waals surface area contributed by atoms with Crippen LogP contribution in [-0.2, 0) is 20.8 Å². The first-order valence-corrected chi connectivity index (χ1v) is 12.3. The van der Waals surface area contributed by atoms with E-state index in [4.69, 9.17) is 9.47 Å². The maximum atomic E-state index is 13.2. The van der Waals surface area contributed by atoms with Gasteiger partial charge in [-0.25, -0.2) is 4.79 Å². The number of hydrogen-bond acceptors (Lipinski definition) is 4. The number of hydrogen-bond donors (Lipinski definition) is 0. The molecule has 1 fully saturated rings. The Morgan fingerprint density at radius 3 is 2.35 bits per heavy atom. The predicted octanol–water partition coefficient (Wildman–Crippen LogP) is 6.28. The van der Waals surface area contributed by atoms with Crippen molar-refractivity contribution in [2.24, 2.45) is 0 Å². The molecular formula is C29H36N2O3. The van der Waals surface area contributed by atoms with Gasteiger partial charge < -0.3 is 18.9 Å². The van der Waals surface area contributed by atoms with Crippen LogP contribution in [0.5, 0.6) is 0 Å². The Morgan fingerprint density at radius 1 is 1.09 bits per heavy atom. The zero-order valence-corrected chi connectivity index (χ0v) is 21.5. The van der Waals surface area contributed by atoms with Crippen LogP contribution >= 0.6 is 0 Å². The summed E-state index contributed by atoms with van der Waals surface area (Å²) in [6.07, 6.45) is 1.70. The van der Waals surface area contributed by atoms with Crippen molar-refractivity contribution in [1.82, 2.24) is 4.57 Å². The van der Waals surface area contributed by atoms with Crippen LogP contribution in [0.25, 0.3) is 22.0 Å². The normalized spacial score (nSPS) is 16.7. The SMILES string of the molecule is COC(=O)[C@@H](OC(C)(C)C)c1c(C)c2c3c(cc(C4CC4)n3CCN2C)c1-c1ccc(C)cc1. The number of aryl methyl sites for hydroxylation is 1. The van der Waals surface area contributed by atoms with E-state index in [2.05, 4.69) is 60.7 Å². The fraction of sp³-hybridized carbons (Fsp3) is 0.483. The van der Waals surface area contributed by atoms with Crippen LogP contribution in [0.15, 0.2) is 30.3 Å². The van der Waals surface area contributed by atoms with E-state index >= 15 is 0 Å². The summed E-state index contributed by atoms with van der Waals surface area (Å²) >= 11 is 0. The van der Waals surface area contributed by atoms with Gasteiger partial charge in [0.15, 0.2) is 6.10 Å². The van der Waals surface area contributed by atoms with E-state index in [9.17, 15) is 4.79 Å². The first-order valence-electron chi connectivity index (χ1n) is 12.3. The number of likely N-dealkylation sites (N-methyl/N-ethyl adjacent to an activating group) is 1. The summed E-state index contributed by atoms with van der Waals surface area (Å²) in [6.45, 7) is 12.1. The molecular weight excluding hydrogens is 424 g/mol. The Morgan fingerprint density at radius 2 is 1.76 bits per heavy atom. The molecule has 180 valence electrons. The molecule has 1 saturated carbocycles. The van der Waals surface area contributed by atoms with E-state index in [0.717, 1.165) is 35.3 Å². The molecule has 34 heavy (non-hydrogen) atoms. The number of esters is 1. The Kier molecular flexibility index (Phi) is 5.51. The summed E-state index contributed by atoms with van der Waals surface area (Å²) in [5.74, 6) is 0.277. The fourth-order valence-corrected chi connectivity index (χ4v) is 5.48. The number of anilines is 1. The Bertz CT molecular complexity index is 1260. The molecule has 5 nitrogen and oxygen atoms in total. The molecule has 1 aliphatic heterocycles. The van der Waals surface area contributed by atoms with Gasteiger partial charge in [-0.15, -0.1) is 0 Å². The molecule has 0 amide bonds. The summed E-state index contributed by atoms with van der Waals surface area (Å²) in [7, 11) is 3.60. The highest BCUT2D eigenvalue weighted by Gasteiger charge is 2.37. The van der Waals surface area contributed by atoms with Crippen LogP contribution in [-0.4, -0.2) is 36.8 Å². The number of carbonyl (C=O) groups excluding carboxylic acids is 1. The number of ether oxygens (including phenoxy) is 2. The van der Waals surface area contributed by atoms with Gasteiger partial charge in [0.2, 0.25) is 0 Å². The van der Waals surface area contributed by atoms with E-state index in [0.29, 0.717) is 5.92 Å². The van der Waals surface area contributed by atoms with E-state index in [1.165, 1.54) is 47.8 Å². The largest absolute Gasteiger partial charge is 0.467 e. The molecule has 1 atom stereocenters. The quantitative estimate of drug-likeness (QED) is 0.420. The lowest BCUT2D eigenvalue weighted by atomic mass is 9.87. The molecule has 1 aromatic heterocycles. The summed E-state index contributed by atoms with van der Waals surface area (Å²) < 4.78 is 14.3. The maximum absolute atomic E-state index is 13.2. The third kappa shape index (κ3) is 3.80. The lowest BCUT2D eigenvalue weighted by molar-refractivity contribution is -0.164. The molecule has 2 aliphatic rings. The molecule has 3 aromatic rings. The number of nitrogens with zero attached hydrogens (tertiary/aromatic N) is 2. The molecule has 2 aromatic carbocycles. The summed E-state index contributed by atoms with van der Waals surface area (Å²) in [5.41, 5.74) is 8.81. The van der Waals surface area contributed by atoms with E-state index in [1.807, 2.05) is 20.8 Å². The van der Waals surface area contributed by atoms with Crippen LogP contribution < -0.4 is 4.90 Å². The zero-order valence-electron chi connectivity index (χ0n) is 21.5. The van der Waals surface area contributed by atoms with E-state index in [-0.39, 0.29) is 5.97 Å². The zero-order chi connectivity index (χ0) is 24.4. The minimum atomic E-state index is -0.815. The summed E-state index contributed by atoms with van der Waals surface area (Å²) in [4.78, 5) is 15.6. The number of rotatable bonds is 5. The van der Waals surface area contributed by atoms with Crippen LogP contribution in [0.2, 0.25) is 0 Å². The Balaban J connectivity index is 1.90. The number of carbonyl (C=O) groups is 1. The van der Waals surface area contributed by atoms with Gasteiger partial charge in [0, 0.05) is 36.8 Å². The van der Waals surface area contributed by atoms with Crippen LogP contribution in [0.3, 0.4) is 0 Å². The first kappa shape index (κ1) is 23.0. The average Bonchev–Trinajstić information content (AvgIpc) is 3.56. The van der Waals surface area contributed by atoms with Crippen molar-refractivity contribution in [3.63, 3.8) is 0 Å². The molecule has 0 bridgehead atoms. The minimum Gasteiger partial charge on any atom is -0.467 e. The third-order valence-corrected chi connectivity index (χ3v) is 7.18. The monoisotopic (exact) mass is 460 g/mol. The summed E-state index contributed by atoms with van der Waals surface area (Å²) in [6, 6.07) is 11.0. The van der Waals surface area contributed by atoms with Crippen molar-refractivity contribution in [3.05, 3.63) is 52.7 Å². The Labute approximate surface area is 202 Å². The van der Waals surface area contributed by atoms with Crippen molar-refractivity contribution in [3.8, 4) is 11.1 Å². The van der Waals surface area contributed by atoms with Crippen LogP contribution in [0.1, 0.15) is 68.0 Å². The molecule has 0 radical (unpaired) electrons. The van der Waals surface area contributed by atoms with Gasteiger partial charge in [-0.1, -0.05) is 29.8 Å². The van der Waals surface area contributed by atoms with Crippen molar-refractivity contribution in [2.45, 2.75) is 71.6 Å². The highest BCUT2D eigenvalue weighted by Crippen LogP contribution is 2.51. The van der Waals surface area contributed by atoms with Crippen molar-refractivity contribution in [1.29, 1.82) is 0 Å². The second kappa shape index (κ2) is 8.16. The van der Waals surface area contributed by atoms with Gasteiger partial charge in [-0.05, 0) is 76.1 Å². The van der Waals surface area contributed by atoms with Crippen molar-refractivity contribution in [2.75, 3.05) is 25.6 Å². The molecule has 0 spiro atoms. The summed E-state index contributed by atoms with van der Waals surface area (Å²) in [5, 5.41) is 1.21. The number of methoxy groups -OCH3 is 1. The molecule has 5 rings (SSSR count). The molecule has 0 N–H and O–H groups in total. The van der Waals surface area contributed by atoms with Gasteiger partial charge in [0.1, 0.15) is 0 Å². The minimum absolute atomic E-state index is 0.363. The lowest BCUT2D eigenvalue weighted by Gasteiger charge is -2.34. The molecule has 0 saturated heterocycles. The second-order valence-corrected chi connectivity index (χ2v) is 10.9. The van der Waals surface area contributed by atoms with Gasteiger partial charge in [-0.2, -0.15) is 0 Å². The van der Waals surface area contributed by atoms with Crippen LogP contribution in [0.4, 0.5) is 5.69 Å². The lowest BCUT2D eigenvalue weighted by Crippen LogP contribution is -2.32. The van der Waals surface area contributed by atoms with Gasteiger partial charge in [0.05, 0.1) is 23.9 Å². The van der Waals surface area contributed by atoms with Gasteiger partial charge >= 0.3 is 5.97 Å². The smallest absolute Gasteiger partial charge is 0.339 e. The first-order chi connectivity index (χ1) is 16.1. The molecule has 1 aliphatic carbocycles. The standard InChI is InChI=1S/C29H36N2O3/c1-17-8-10-20(11-9-17)24-21-16-22(19-12-13-19)31-15-14-30(6)25(26(21)31)18(2)23(24)27(28(32)33-7)34-29(3,4)5/h8-11,16,19,27H,12-15H2,1-7H3/t27-/m0/s1. The topological polar surface area (TPSA) is 43.7 Å².